The zero-order valence-corrected chi connectivity index (χ0v) is 15.8. The number of hydrogen-bond donors (Lipinski definition) is 1. The van der Waals surface area contributed by atoms with Gasteiger partial charge in [-0.05, 0) is 48.7 Å². The highest BCUT2D eigenvalue weighted by atomic mass is 32.2. The van der Waals surface area contributed by atoms with Gasteiger partial charge in [-0.15, -0.1) is 0 Å². The van der Waals surface area contributed by atoms with Crippen molar-refractivity contribution >= 4 is 27.3 Å². The Bertz CT molecular complexity index is 945. The van der Waals surface area contributed by atoms with Gasteiger partial charge in [0.15, 0.2) is 0 Å². The monoisotopic (exact) mass is 371 g/mol. The highest BCUT2D eigenvalue weighted by Crippen LogP contribution is 2.25. The molecule has 0 heterocycles. The molecule has 0 radical (unpaired) electrons. The van der Waals surface area contributed by atoms with Crippen molar-refractivity contribution in [2.45, 2.75) is 20.3 Å². The second-order valence-electron chi connectivity index (χ2n) is 6.07. The van der Waals surface area contributed by atoms with Crippen LogP contribution < -0.4 is 9.62 Å². The lowest BCUT2D eigenvalue weighted by Gasteiger charge is -2.24. The molecule has 0 atom stereocenters. The molecule has 0 aliphatic rings. The Morgan fingerprint density at radius 2 is 1.81 bits per heavy atom. The van der Waals surface area contributed by atoms with E-state index in [1.54, 1.807) is 36.4 Å². The summed E-state index contributed by atoms with van der Waals surface area (Å²) in [4.78, 5) is 12.4. The molecule has 0 aliphatic heterocycles. The molecule has 2 aromatic rings. The van der Waals surface area contributed by atoms with Crippen molar-refractivity contribution in [3.8, 4) is 6.07 Å². The van der Waals surface area contributed by atoms with Gasteiger partial charge in [0.05, 0.1) is 24.4 Å². The van der Waals surface area contributed by atoms with E-state index in [1.165, 1.54) is 0 Å². The Morgan fingerprint density at radius 3 is 2.38 bits per heavy atom. The van der Waals surface area contributed by atoms with Crippen LogP contribution in [0.4, 0.5) is 11.4 Å². The van der Waals surface area contributed by atoms with Crippen LogP contribution in [0.3, 0.4) is 0 Å². The molecule has 0 unspecified atom stereocenters. The molecule has 1 amide bonds. The number of nitrogens with zero attached hydrogens (tertiary/aromatic N) is 2. The van der Waals surface area contributed by atoms with Crippen LogP contribution in [0.25, 0.3) is 0 Å². The van der Waals surface area contributed by atoms with Crippen LogP contribution in [0.1, 0.15) is 16.7 Å². The van der Waals surface area contributed by atoms with Crippen molar-refractivity contribution in [2.24, 2.45) is 0 Å². The van der Waals surface area contributed by atoms with Gasteiger partial charge in [-0.25, -0.2) is 8.42 Å². The van der Waals surface area contributed by atoms with E-state index in [0.29, 0.717) is 17.8 Å². The largest absolute Gasteiger partial charge is 0.325 e. The minimum Gasteiger partial charge on any atom is -0.325 e. The molecule has 0 saturated carbocycles. The molecule has 2 aromatic carbocycles. The van der Waals surface area contributed by atoms with Crippen LogP contribution in [-0.4, -0.2) is 27.1 Å². The summed E-state index contributed by atoms with van der Waals surface area (Å²) in [6.07, 6.45) is 1.38. The van der Waals surface area contributed by atoms with Crippen molar-refractivity contribution in [1.82, 2.24) is 0 Å². The van der Waals surface area contributed by atoms with Gasteiger partial charge >= 0.3 is 0 Å². The third-order valence-corrected chi connectivity index (χ3v) is 5.18. The highest BCUT2D eigenvalue weighted by Gasteiger charge is 2.22. The zero-order chi connectivity index (χ0) is 19.3. The van der Waals surface area contributed by atoms with Crippen LogP contribution in [0.15, 0.2) is 42.5 Å². The fourth-order valence-electron chi connectivity index (χ4n) is 2.52. The number of sulfonamides is 1. The van der Waals surface area contributed by atoms with Crippen molar-refractivity contribution < 1.29 is 13.2 Å². The van der Waals surface area contributed by atoms with Crippen molar-refractivity contribution in [3.63, 3.8) is 0 Å². The fraction of sp³-hybridized carbons (Fsp3) is 0.263. The molecule has 7 heteroatoms. The van der Waals surface area contributed by atoms with Crippen LogP contribution in [-0.2, 0) is 21.2 Å². The molecule has 0 bridgehead atoms. The van der Waals surface area contributed by atoms with Crippen molar-refractivity contribution in [3.05, 3.63) is 59.2 Å². The molecule has 1 N–H and O–H groups in total. The predicted octanol–water partition coefficient (Wildman–Crippen LogP) is 2.77. The fourth-order valence-corrected chi connectivity index (χ4v) is 3.42. The van der Waals surface area contributed by atoms with E-state index in [9.17, 15) is 13.2 Å². The maximum Gasteiger partial charge on any atom is 0.245 e. The zero-order valence-electron chi connectivity index (χ0n) is 15.0. The highest BCUT2D eigenvalue weighted by molar-refractivity contribution is 7.92. The topological polar surface area (TPSA) is 90.3 Å². The summed E-state index contributed by atoms with van der Waals surface area (Å²) in [5, 5.41) is 11.4. The number of nitriles is 1. The summed E-state index contributed by atoms with van der Waals surface area (Å²) in [5.74, 6) is -0.440. The molecular weight excluding hydrogens is 350 g/mol. The number of benzene rings is 2. The number of carbonyl (C=O) groups is 1. The van der Waals surface area contributed by atoms with Crippen LogP contribution in [0.5, 0.6) is 0 Å². The summed E-state index contributed by atoms with van der Waals surface area (Å²) in [6, 6.07) is 14.3. The Kier molecular flexibility index (Phi) is 6.01. The summed E-state index contributed by atoms with van der Waals surface area (Å²) in [7, 11) is -3.62. The lowest BCUT2D eigenvalue weighted by molar-refractivity contribution is -0.114. The first-order valence-electron chi connectivity index (χ1n) is 8.02. The van der Waals surface area contributed by atoms with Gasteiger partial charge in [0, 0.05) is 5.69 Å². The Hall–Kier alpha value is -2.85. The molecule has 136 valence electrons. The number of amides is 1. The predicted molar refractivity (Wildman–Crippen MR) is 102 cm³/mol. The molecule has 2 rings (SSSR count). The number of rotatable bonds is 6. The quantitative estimate of drug-likeness (QED) is 0.845. The normalized spacial score (nSPS) is 10.8. The van der Waals surface area contributed by atoms with Gasteiger partial charge in [-0.2, -0.15) is 5.26 Å². The van der Waals surface area contributed by atoms with Gasteiger partial charge in [-0.1, -0.05) is 24.3 Å². The SMILES string of the molecule is Cc1cccc(N(CC(=O)Nc2ccc(CC#N)cc2)S(C)(=O)=O)c1C. The number of nitrogens with one attached hydrogen (secondary N) is 1. The molecule has 6 nitrogen and oxygen atoms in total. The third-order valence-electron chi connectivity index (χ3n) is 4.05. The summed E-state index contributed by atoms with van der Waals surface area (Å²) in [6.45, 7) is 3.40. The van der Waals surface area contributed by atoms with Crippen LogP contribution in [0, 0.1) is 25.2 Å². The lowest BCUT2D eigenvalue weighted by atomic mass is 10.1. The Morgan fingerprint density at radius 1 is 1.15 bits per heavy atom. The van der Waals surface area contributed by atoms with Crippen molar-refractivity contribution in [2.75, 3.05) is 22.4 Å². The van der Waals surface area contributed by atoms with Gasteiger partial charge in [0.2, 0.25) is 15.9 Å². The first-order valence-corrected chi connectivity index (χ1v) is 9.87. The molecule has 0 aliphatic carbocycles. The minimum absolute atomic E-state index is 0.294. The van der Waals surface area contributed by atoms with E-state index in [1.807, 2.05) is 19.9 Å². The first kappa shape index (κ1) is 19.5. The van der Waals surface area contributed by atoms with E-state index >= 15 is 0 Å². The van der Waals surface area contributed by atoms with Gasteiger partial charge < -0.3 is 5.32 Å². The minimum atomic E-state index is -3.62. The van der Waals surface area contributed by atoms with E-state index in [4.69, 9.17) is 5.26 Å². The van der Waals surface area contributed by atoms with Gasteiger partial charge in [0.1, 0.15) is 6.54 Å². The van der Waals surface area contributed by atoms with E-state index in [0.717, 1.165) is 27.3 Å². The summed E-state index contributed by atoms with van der Waals surface area (Å²) < 4.78 is 25.5. The first-order chi connectivity index (χ1) is 12.2. The molecule has 0 spiro atoms. The standard InChI is InChI=1S/C19H21N3O3S/c1-14-5-4-6-18(15(14)2)22(26(3,24)25)13-19(23)21-17-9-7-16(8-10-17)11-12-20/h4-10H,11,13H2,1-3H3,(H,21,23). The second kappa shape index (κ2) is 8.02. The maximum absolute atomic E-state index is 12.4. The maximum atomic E-state index is 12.4. The lowest BCUT2D eigenvalue weighted by Crippen LogP contribution is -2.38. The molecular formula is C19H21N3O3S. The van der Waals surface area contributed by atoms with Gasteiger partial charge in [-0.3, -0.25) is 9.10 Å². The van der Waals surface area contributed by atoms with E-state index < -0.39 is 15.9 Å². The molecule has 26 heavy (non-hydrogen) atoms. The van der Waals surface area contributed by atoms with Crippen molar-refractivity contribution in [1.29, 1.82) is 5.26 Å². The van der Waals surface area contributed by atoms with E-state index in [2.05, 4.69) is 11.4 Å². The van der Waals surface area contributed by atoms with Crippen LogP contribution in [0.2, 0.25) is 0 Å². The Labute approximate surface area is 154 Å². The number of aryl methyl sites for hydroxylation is 1. The second-order valence-corrected chi connectivity index (χ2v) is 7.98. The molecule has 0 fully saturated rings. The summed E-state index contributed by atoms with van der Waals surface area (Å²) >= 11 is 0. The molecule has 0 saturated heterocycles. The summed E-state index contributed by atoms with van der Waals surface area (Å²) in [5.41, 5.74) is 3.65. The average molecular weight is 371 g/mol. The smallest absolute Gasteiger partial charge is 0.245 e. The Balaban J connectivity index is 2.20. The number of carbonyl (C=O) groups excluding carboxylic acids is 1. The van der Waals surface area contributed by atoms with Crippen LogP contribution >= 0.6 is 0 Å². The third kappa shape index (κ3) is 4.83. The molecule has 0 aromatic heterocycles. The van der Waals surface area contributed by atoms with Gasteiger partial charge in [0.25, 0.3) is 0 Å². The van der Waals surface area contributed by atoms with E-state index in [-0.39, 0.29) is 6.54 Å². The number of anilines is 2. The average Bonchev–Trinajstić information content (AvgIpc) is 2.57. The number of hydrogen-bond acceptors (Lipinski definition) is 4.